The van der Waals surface area contributed by atoms with E-state index in [1.54, 1.807) is 6.07 Å². The molecule has 4 rings (SSSR count). The van der Waals surface area contributed by atoms with Crippen LogP contribution in [0.1, 0.15) is 31.0 Å². The van der Waals surface area contributed by atoms with Crippen molar-refractivity contribution in [3.63, 3.8) is 0 Å². The molecule has 1 aromatic heterocycles. The van der Waals surface area contributed by atoms with Gasteiger partial charge in [-0.3, -0.25) is 9.36 Å². The number of aromatic nitrogens is 1. The van der Waals surface area contributed by atoms with E-state index in [9.17, 15) is 10.1 Å². The molecule has 3 aromatic rings. The van der Waals surface area contributed by atoms with Gasteiger partial charge in [-0.25, -0.2) is 0 Å². The van der Waals surface area contributed by atoms with Crippen molar-refractivity contribution in [1.29, 1.82) is 5.26 Å². The molecular weight excluding hydrogens is 332 g/mol. The zero-order chi connectivity index (χ0) is 18.8. The van der Waals surface area contributed by atoms with Crippen LogP contribution in [-0.4, -0.2) is 4.57 Å². The second-order valence-corrected chi connectivity index (χ2v) is 6.70. The summed E-state index contributed by atoms with van der Waals surface area (Å²) in [5.41, 5.74) is 4.30. The molecule has 0 amide bonds. The van der Waals surface area contributed by atoms with Gasteiger partial charge in [-0.05, 0) is 60.1 Å². The van der Waals surface area contributed by atoms with Gasteiger partial charge in [0.05, 0.1) is 17.0 Å². The highest BCUT2D eigenvalue weighted by atomic mass is 16.1. The number of nitriles is 1. The lowest BCUT2D eigenvalue weighted by Gasteiger charge is -2.17. The van der Waals surface area contributed by atoms with Crippen molar-refractivity contribution in [2.45, 2.75) is 26.2 Å². The molecule has 1 heterocycles. The van der Waals surface area contributed by atoms with Gasteiger partial charge in [-0.2, -0.15) is 5.26 Å². The molecular formula is C24H20N2O. The molecule has 2 aromatic carbocycles. The number of nitrogens with zero attached hydrogens (tertiary/aromatic N) is 2. The number of benzene rings is 2. The zero-order valence-corrected chi connectivity index (χ0v) is 15.3. The first kappa shape index (κ1) is 17.1. The second kappa shape index (κ2) is 7.09. The van der Waals surface area contributed by atoms with E-state index in [2.05, 4.69) is 31.2 Å². The number of pyridine rings is 1. The topological polar surface area (TPSA) is 45.8 Å². The van der Waals surface area contributed by atoms with Gasteiger partial charge < -0.3 is 0 Å². The average molecular weight is 352 g/mol. The highest BCUT2D eigenvalue weighted by Gasteiger charge is 2.15. The molecule has 0 radical (unpaired) electrons. The van der Waals surface area contributed by atoms with Crippen LogP contribution in [0.4, 0.5) is 0 Å². The van der Waals surface area contributed by atoms with Crippen LogP contribution in [0.3, 0.4) is 0 Å². The van der Waals surface area contributed by atoms with E-state index in [0.29, 0.717) is 10.9 Å². The van der Waals surface area contributed by atoms with E-state index in [-0.39, 0.29) is 5.56 Å². The number of fused-ring (bicyclic) bond motifs is 1. The molecule has 1 aliphatic rings. The molecule has 0 aliphatic heterocycles. The van der Waals surface area contributed by atoms with Crippen molar-refractivity contribution in [1.82, 2.24) is 4.57 Å². The normalized spacial score (nSPS) is 13.4. The van der Waals surface area contributed by atoms with Gasteiger partial charge in [0.15, 0.2) is 0 Å². The Morgan fingerprint density at radius 3 is 2.70 bits per heavy atom. The quantitative estimate of drug-likeness (QED) is 0.642. The molecule has 0 N–H and O–H groups in total. The molecule has 3 heteroatoms. The summed E-state index contributed by atoms with van der Waals surface area (Å²) >= 11 is 0. The van der Waals surface area contributed by atoms with Crippen molar-refractivity contribution in [2.24, 2.45) is 0 Å². The fraction of sp³-hybridized carbons (Fsp3) is 0.167. The van der Waals surface area contributed by atoms with Crippen molar-refractivity contribution >= 4 is 16.5 Å². The van der Waals surface area contributed by atoms with Gasteiger partial charge in [-0.15, -0.1) is 0 Å². The molecule has 0 bridgehead atoms. The lowest BCUT2D eigenvalue weighted by molar-refractivity contribution is 0.895. The Kier molecular flexibility index (Phi) is 4.48. The summed E-state index contributed by atoms with van der Waals surface area (Å²) in [6, 6.07) is 17.6. The van der Waals surface area contributed by atoms with Gasteiger partial charge in [0, 0.05) is 11.4 Å². The third-order valence-corrected chi connectivity index (χ3v) is 5.02. The molecule has 3 nitrogen and oxygen atoms in total. The summed E-state index contributed by atoms with van der Waals surface area (Å²) in [6.07, 6.45) is 9.03. The van der Waals surface area contributed by atoms with Crippen LogP contribution >= 0.6 is 0 Å². The molecule has 0 saturated heterocycles. The van der Waals surface area contributed by atoms with Crippen LogP contribution in [0.15, 0.2) is 71.6 Å². The fourth-order valence-corrected chi connectivity index (χ4v) is 3.72. The largest absolute Gasteiger partial charge is 0.281 e. The zero-order valence-electron chi connectivity index (χ0n) is 15.3. The summed E-state index contributed by atoms with van der Waals surface area (Å²) in [7, 11) is 0. The average Bonchev–Trinajstić information content (AvgIpc) is 2.73. The standard InChI is InChI=1S/C24H20N2O/c1-2-20-15-19-10-7-13-22(18-9-6-8-17(14-18)16-25)23(19)24(27)26(20)21-11-4-3-5-12-21/h4,6-15H,2-3,5H2,1H3. The third-order valence-electron chi connectivity index (χ3n) is 5.02. The Balaban J connectivity index is 2.05. The number of hydrogen-bond donors (Lipinski definition) is 0. The van der Waals surface area contributed by atoms with Crippen molar-refractivity contribution < 1.29 is 0 Å². The summed E-state index contributed by atoms with van der Waals surface area (Å²) < 4.78 is 1.84. The molecule has 0 saturated carbocycles. The molecule has 0 atom stereocenters. The first-order valence-corrected chi connectivity index (χ1v) is 9.28. The van der Waals surface area contributed by atoms with Crippen LogP contribution in [0, 0.1) is 11.3 Å². The fourth-order valence-electron chi connectivity index (χ4n) is 3.72. The van der Waals surface area contributed by atoms with E-state index in [1.165, 1.54) is 0 Å². The minimum atomic E-state index is 0.000103. The highest BCUT2D eigenvalue weighted by Crippen LogP contribution is 2.29. The smallest absolute Gasteiger partial charge is 0.263 e. The maximum atomic E-state index is 13.6. The Morgan fingerprint density at radius 2 is 1.96 bits per heavy atom. The molecule has 27 heavy (non-hydrogen) atoms. The van der Waals surface area contributed by atoms with Crippen LogP contribution in [0.5, 0.6) is 0 Å². The van der Waals surface area contributed by atoms with Crippen molar-refractivity contribution in [3.8, 4) is 17.2 Å². The summed E-state index contributed by atoms with van der Waals surface area (Å²) in [6.45, 7) is 2.07. The molecule has 0 unspecified atom stereocenters. The number of rotatable bonds is 3. The minimum absolute atomic E-state index is 0.000103. The van der Waals surface area contributed by atoms with Crippen LogP contribution in [0.2, 0.25) is 0 Å². The van der Waals surface area contributed by atoms with Gasteiger partial charge in [0.2, 0.25) is 0 Å². The van der Waals surface area contributed by atoms with Crippen LogP contribution in [-0.2, 0) is 6.42 Å². The monoisotopic (exact) mass is 352 g/mol. The van der Waals surface area contributed by atoms with Crippen molar-refractivity contribution in [2.75, 3.05) is 0 Å². The maximum absolute atomic E-state index is 13.6. The Hall–Kier alpha value is -3.38. The van der Waals surface area contributed by atoms with Crippen LogP contribution < -0.4 is 5.56 Å². The summed E-state index contributed by atoms with van der Waals surface area (Å²) in [5.74, 6) is 0. The Bertz CT molecular complexity index is 1190. The lowest BCUT2D eigenvalue weighted by atomic mass is 9.97. The maximum Gasteiger partial charge on any atom is 0.263 e. The third kappa shape index (κ3) is 3.00. The first-order valence-electron chi connectivity index (χ1n) is 9.28. The molecule has 0 fully saturated rings. The second-order valence-electron chi connectivity index (χ2n) is 6.70. The van der Waals surface area contributed by atoms with Gasteiger partial charge >= 0.3 is 0 Å². The lowest BCUT2D eigenvalue weighted by Crippen LogP contribution is -2.23. The Labute approximate surface area is 158 Å². The van der Waals surface area contributed by atoms with Crippen LogP contribution in [0.25, 0.3) is 27.6 Å². The van der Waals surface area contributed by atoms with Gasteiger partial charge in [-0.1, -0.05) is 49.4 Å². The minimum Gasteiger partial charge on any atom is -0.281 e. The Morgan fingerprint density at radius 1 is 1.11 bits per heavy atom. The summed E-state index contributed by atoms with van der Waals surface area (Å²) in [4.78, 5) is 13.6. The van der Waals surface area contributed by atoms with E-state index >= 15 is 0 Å². The number of aryl methyl sites for hydroxylation is 1. The molecule has 1 aliphatic carbocycles. The predicted octanol–water partition coefficient (Wildman–Crippen LogP) is 5.29. The predicted molar refractivity (Wildman–Crippen MR) is 110 cm³/mol. The van der Waals surface area contributed by atoms with E-state index < -0.39 is 0 Å². The van der Waals surface area contributed by atoms with Crippen molar-refractivity contribution in [3.05, 3.63) is 88.4 Å². The number of hydrogen-bond acceptors (Lipinski definition) is 2. The molecule has 0 spiro atoms. The van der Waals surface area contributed by atoms with Gasteiger partial charge in [0.25, 0.3) is 5.56 Å². The van der Waals surface area contributed by atoms with E-state index in [0.717, 1.165) is 47.2 Å². The number of allylic oxidation sites excluding steroid dienone is 4. The summed E-state index contributed by atoms with van der Waals surface area (Å²) in [5, 5.41) is 10.9. The van der Waals surface area contributed by atoms with E-state index in [4.69, 9.17) is 0 Å². The highest BCUT2D eigenvalue weighted by molar-refractivity contribution is 5.97. The van der Waals surface area contributed by atoms with E-state index in [1.807, 2.05) is 47.0 Å². The first-order chi connectivity index (χ1) is 13.2. The molecule has 132 valence electrons. The SMILES string of the molecule is CCc1cc2cccc(-c3cccc(C#N)c3)c2c(=O)n1C1=CCCC=C1. The van der Waals surface area contributed by atoms with Gasteiger partial charge in [0.1, 0.15) is 0 Å².